The number of ether oxygens (including phenoxy) is 2. The minimum Gasteiger partial charge on any atom is -0.481 e. The van der Waals surface area contributed by atoms with E-state index in [-0.39, 0.29) is 6.10 Å². The van der Waals surface area contributed by atoms with Gasteiger partial charge in [0, 0.05) is 12.3 Å². The summed E-state index contributed by atoms with van der Waals surface area (Å²) in [5, 5.41) is 7.16. The van der Waals surface area contributed by atoms with Crippen molar-refractivity contribution >= 4 is 0 Å². The average molecular weight is 259 g/mol. The highest BCUT2D eigenvalue weighted by Crippen LogP contribution is 2.31. The molecule has 1 aliphatic carbocycles. The molecule has 0 aromatic carbocycles. The fraction of sp³-hybridized carbons (Fsp3) is 0.429. The maximum Gasteiger partial charge on any atom is 0.213 e. The molecule has 5 heteroatoms. The van der Waals surface area contributed by atoms with Crippen molar-refractivity contribution in [2.24, 2.45) is 0 Å². The molecular weight excluding hydrogens is 242 g/mol. The monoisotopic (exact) mass is 259 g/mol. The van der Waals surface area contributed by atoms with E-state index < -0.39 is 0 Å². The molecule has 3 rings (SSSR count). The van der Waals surface area contributed by atoms with Crippen molar-refractivity contribution < 1.29 is 9.47 Å². The number of aryl methyl sites for hydroxylation is 1. The third kappa shape index (κ3) is 2.61. The molecule has 19 heavy (non-hydrogen) atoms. The number of fused-ring (bicyclic) bond motifs is 1. The molecule has 2 aromatic heterocycles. The highest BCUT2D eigenvalue weighted by molar-refractivity contribution is 5.22. The molecule has 0 saturated heterocycles. The van der Waals surface area contributed by atoms with Crippen LogP contribution >= 0.6 is 0 Å². The molecule has 0 bridgehead atoms. The first-order valence-corrected chi connectivity index (χ1v) is 6.49. The van der Waals surface area contributed by atoms with Crippen LogP contribution in [-0.2, 0) is 17.8 Å². The fourth-order valence-corrected chi connectivity index (χ4v) is 2.44. The van der Waals surface area contributed by atoms with Gasteiger partial charge in [0.25, 0.3) is 0 Å². The van der Waals surface area contributed by atoms with Gasteiger partial charge in [-0.05, 0) is 36.5 Å². The molecule has 2 aromatic rings. The summed E-state index contributed by atoms with van der Waals surface area (Å²) in [5.74, 6) is 0.618. The molecule has 1 N–H and O–H groups in total. The normalized spacial score (nSPS) is 18.1. The van der Waals surface area contributed by atoms with Crippen molar-refractivity contribution in [3.05, 3.63) is 41.3 Å². The highest BCUT2D eigenvalue weighted by atomic mass is 16.5. The predicted molar refractivity (Wildman–Crippen MR) is 69.8 cm³/mol. The van der Waals surface area contributed by atoms with Crippen LogP contribution in [0, 0.1) is 0 Å². The van der Waals surface area contributed by atoms with Gasteiger partial charge in [-0.1, -0.05) is 0 Å². The van der Waals surface area contributed by atoms with Crippen molar-refractivity contribution in [2.75, 3.05) is 7.11 Å². The van der Waals surface area contributed by atoms with E-state index in [1.165, 1.54) is 5.56 Å². The fourth-order valence-electron chi connectivity index (χ4n) is 2.44. The van der Waals surface area contributed by atoms with Gasteiger partial charge < -0.3 is 9.47 Å². The molecule has 2 heterocycles. The van der Waals surface area contributed by atoms with Gasteiger partial charge in [0.15, 0.2) is 0 Å². The van der Waals surface area contributed by atoms with Gasteiger partial charge >= 0.3 is 0 Å². The van der Waals surface area contributed by atoms with Gasteiger partial charge in [0.05, 0.1) is 31.7 Å². The lowest BCUT2D eigenvalue weighted by Crippen LogP contribution is -2.12. The van der Waals surface area contributed by atoms with Gasteiger partial charge in [0.2, 0.25) is 5.88 Å². The van der Waals surface area contributed by atoms with Crippen LogP contribution in [-0.4, -0.2) is 22.3 Å². The van der Waals surface area contributed by atoms with E-state index in [4.69, 9.17) is 9.47 Å². The van der Waals surface area contributed by atoms with E-state index in [0.29, 0.717) is 12.5 Å². The summed E-state index contributed by atoms with van der Waals surface area (Å²) in [6.07, 6.45) is 7.04. The number of rotatable bonds is 4. The molecular formula is C14H17N3O2. The molecule has 0 amide bonds. The molecule has 1 aliphatic rings. The van der Waals surface area contributed by atoms with Gasteiger partial charge in [-0.15, -0.1) is 0 Å². The minimum absolute atomic E-state index is 0.116. The Labute approximate surface area is 112 Å². The lowest BCUT2D eigenvalue weighted by atomic mass is 9.96. The summed E-state index contributed by atoms with van der Waals surface area (Å²) in [4.78, 5) is 4.09. The average Bonchev–Trinajstić information content (AvgIpc) is 2.94. The Hall–Kier alpha value is -1.88. The SMILES string of the molecule is COc1cc(COC2CCCc3cn[nH]c32)ccn1. The second kappa shape index (κ2) is 5.40. The number of nitrogens with zero attached hydrogens (tertiary/aromatic N) is 2. The van der Waals surface area contributed by atoms with Crippen molar-refractivity contribution in [3.8, 4) is 5.88 Å². The Morgan fingerprint density at radius 1 is 1.47 bits per heavy atom. The third-order valence-electron chi connectivity index (χ3n) is 3.45. The van der Waals surface area contributed by atoms with Crippen LogP contribution in [0.25, 0.3) is 0 Å². The molecule has 1 unspecified atom stereocenters. The highest BCUT2D eigenvalue weighted by Gasteiger charge is 2.22. The number of aromatic amines is 1. The molecule has 0 saturated carbocycles. The molecule has 0 radical (unpaired) electrons. The summed E-state index contributed by atoms with van der Waals surface area (Å²) < 4.78 is 11.1. The number of nitrogens with one attached hydrogen (secondary N) is 1. The van der Waals surface area contributed by atoms with Crippen LogP contribution in [0.3, 0.4) is 0 Å². The quantitative estimate of drug-likeness (QED) is 0.916. The summed E-state index contributed by atoms with van der Waals surface area (Å²) in [6, 6.07) is 3.84. The summed E-state index contributed by atoms with van der Waals surface area (Å²) in [6.45, 7) is 0.558. The largest absolute Gasteiger partial charge is 0.481 e. The lowest BCUT2D eigenvalue weighted by molar-refractivity contribution is 0.0253. The number of methoxy groups -OCH3 is 1. The van der Waals surface area contributed by atoms with Gasteiger partial charge in [0.1, 0.15) is 0 Å². The Kier molecular flexibility index (Phi) is 3.46. The molecule has 5 nitrogen and oxygen atoms in total. The zero-order valence-electron chi connectivity index (χ0n) is 10.9. The van der Waals surface area contributed by atoms with Crippen molar-refractivity contribution in [1.82, 2.24) is 15.2 Å². The van der Waals surface area contributed by atoms with Gasteiger partial charge in [-0.2, -0.15) is 5.10 Å². The molecule has 0 spiro atoms. The number of hydrogen-bond acceptors (Lipinski definition) is 4. The van der Waals surface area contributed by atoms with E-state index >= 15 is 0 Å². The topological polar surface area (TPSA) is 60.0 Å². The van der Waals surface area contributed by atoms with Crippen LogP contribution in [0.1, 0.15) is 35.8 Å². The Morgan fingerprint density at radius 3 is 3.32 bits per heavy atom. The molecule has 100 valence electrons. The zero-order chi connectivity index (χ0) is 13.1. The van der Waals surface area contributed by atoms with E-state index in [1.54, 1.807) is 13.3 Å². The second-order valence-electron chi connectivity index (χ2n) is 4.71. The first-order valence-electron chi connectivity index (χ1n) is 6.49. The lowest BCUT2D eigenvalue weighted by Gasteiger charge is -2.22. The first kappa shape index (κ1) is 12.2. The van der Waals surface area contributed by atoms with E-state index in [0.717, 1.165) is 30.5 Å². The van der Waals surface area contributed by atoms with E-state index in [1.807, 2.05) is 18.3 Å². The van der Waals surface area contributed by atoms with Crippen molar-refractivity contribution in [1.29, 1.82) is 0 Å². The van der Waals surface area contributed by atoms with Crippen LogP contribution in [0.5, 0.6) is 5.88 Å². The Balaban J connectivity index is 1.67. The van der Waals surface area contributed by atoms with Gasteiger partial charge in [-0.3, -0.25) is 5.10 Å². The molecule has 1 atom stereocenters. The minimum atomic E-state index is 0.116. The Morgan fingerprint density at radius 2 is 2.42 bits per heavy atom. The Bertz CT molecular complexity index is 553. The van der Waals surface area contributed by atoms with Crippen LogP contribution in [0.15, 0.2) is 24.5 Å². The number of aromatic nitrogens is 3. The van der Waals surface area contributed by atoms with Crippen molar-refractivity contribution in [3.63, 3.8) is 0 Å². The molecule has 0 fully saturated rings. The zero-order valence-corrected chi connectivity index (χ0v) is 10.9. The van der Waals surface area contributed by atoms with Crippen LogP contribution in [0.2, 0.25) is 0 Å². The van der Waals surface area contributed by atoms with Crippen LogP contribution < -0.4 is 4.74 Å². The van der Waals surface area contributed by atoms with E-state index in [2.05, 4.69) is 15.2 Å². The number of hydrogen-bond donors (Lipinski definition) is 1. The summed E-state index contributed by atoms with van der Waals surface area (Å²) in [7, 11) is 1.62. The number of pyridine rings is 1. The summed E-state index contributed by atoms with van der Waals surface area (Å²) in [5.41, 5.74) is 3.48. The standard InChI is InChI=1S/C14H17N3O2/c1-18-13-7-10(5-6-15-13)9-19-12-4-2-3-11-8-16-17-14(11)12/h5-8,12H,2-4,9H2,1H3,(H,16,17). The van der Waals surface area contributed by atoms with Crippen LogP contribution in [0.4, 0.5) is 0 Å². The van der Waals surface area contributed by atoms with E-state index in [9.17, 15) is 0 Å². The molecule has 0 aliphatic heterocycles. The maximum absolute atomic E-state index is 6.00. The predicted octanol–water partition coefficient (Wildman–Crippen LogP) is 2.41. The second-order valence-corrected chi connectivity index (χ2v) is 4.71. The third-order valence-corrected chi connectivity index (χ3v) is 3.45. The maximum atomic E-state index is 6.00. The van der Waals surface area contributed by atoms with Gasteiger partial charge in [-0.25, -0.2) is 4.98 Å². The number of H-pyrrole nitrogens is 1. The smallest absolute Gasteiger partial charge is 0.213 e. The first-order chi connectivity index (χ1) is 9.36. The van der Waals surface area contributed by atoms with Crippen molar-refractivity contribution in [2.45, 2.75) is 32.0 Å². The summed E-state index contributed by atoms with van der Waals surface area (Å²) >= 11 is 0.